The zero-order valence-corrected chi connectivity index (χ0v) is 11.4. The van der Waals surface area contributed by atoms with E-state index in [-0.39, 0.29) is 5.75 Å². The molecular weight excluding hydrogens is 269 g/mol. The third-order valence-corrected chi connectivity index (χ3v) is 3.48. The number of rotatable bonds is 4. The summed E-state index contributed by atoms with van der Waals surface area (Å²) in [5, 5.41) is 6.54. The maximum Gasteiger partial charge on any atom is 0.416 e. The molecule has 1 aliphatic heterocycles. The molecule has 0 aliphatic carbocycles. The van der Waals surface area contributed by atoms with Gasteiger partial charge in [-0.25, -0.2) is 0 Å². The predicted molar refractivity (Wildman–Crippen MR) is 72.1 cm³/mol. The smallest absolute Gasteiger partial charge is 0.416 e. The van der Waals surface area contributed by atoms with Crippen molar-refractivity contribution in [2.75, 3.05) is 25.5 Å². The fraction of sp³-hybridized carbons (Fsp3) is 0.571. The van der Waals surface area contributed by atoms with E-state index in [0.717, 1.165) is 25.1 Å². The molecule has 0 aromatic heterocycles. The number of nitrogens with one attached hydrogen (secondary N) is 2. The van der Waals surface area contributed by atoms with Crippen molar-refractivity contribution in [3.8, 4) is 5.75 Å². The van der Waals surface area contributed by atoms with E-state index in [2.05, 4.69) is 10.6 Å². The van der Waals surface area contributed by atoms with Crippen LogP contribution in [-0.2, 0) is 6.18 Å². The highest BCUT2D eigenvalue weighted by molar-refractivity contribution is 5.58. The zero-order valence-electron chi connectivity index (χ0n) is 11.4. The summed E-state index contributed by atoms with van der Waals surface area (Å²) in [5.74, 6) is 0.218. The molecule has 1 heterocycles. The van der Waals surface area contributed by atoms with Gasteiger partial charge in [0.2, 0.25) is 0 Å². The summed E-state index contributed by atoms with van der Waals surface area (Å²) in [4.78, 5) is 0. The standard InChI is InChI=1S/C14H19F3N2O/c1-20-13-8-10(14(15,16)17)5-6-12(13)19-9-11-4-2-3-7-18-11/h5-6,8,11,18-19H,2-4,7,9H2,1H3. The van der Waals surface area contributed by atoms with Gasteiger partial charge in [-0.1, -0.05) is 6.42 Å². The monoisotopic (exact) mass is 288 g/mol. The Morgan fingerprint density at radius 3 is 2.75 bits per heavy atom. The zero-order chi connectivity index (χ0) is 14.6. The van der Waals surface area contributed by atoms with Gasteiger partial charge in [-0.15, -0.1) is 0 Å². The Bertz CT molecular complexity index is 443. The van der Waals surface area contributed by atoms with E-state index in [1.807, 2.05) is 0 Å². The fourth-order valence-electron chi connectivity index (χ4n) is 2.34. The van der Waals surface area contributed by atoms with Crippen molar-refractivity contribution in [3.63, 3.8) is 0 Å². The van der Waals surface area contributed by atoms with Crippen molar-refractivity contribution in [1.29, 1.82) is 0 Å². The van der Waals surface area contributed by atoms with Crippen molar-refractivity contribution in [2.24, 2.45) is 0 Å². The molecule has 2 rings (SSSR count). The number of anilines is 1. The molecule has 1 aromatic rings. The lowest BCUT2D eigenvalue weighted by Gasteiger charge is -2.24. The molecule has 1 fully saturated rings. The van der Waals surface area contributed by atoms with E-state index in [0.29, 0.717) is 18.3 Å². The molecule has 6 heteroatoms. The average Bonchev–Trinajstić information content (AvgIpc) is 2.45. The first-order valence-electron chi connectivity index (χ1n) is 6.73. The second-order valence-corrected chi connectivity index (χ2v) is 4.94. The number of halogens is 3. The van der Waals surface area contributed by atoms with Gasteiger partial charge in [-0.2, -0.15) is 13.2 Å². The molecular formula is C14H19F3N2O. The van der Waals surface area contributed by atoms with Gasteiger partial charge in [-0.05, 0) is 37.6 Å². The Morgan fingerprint density at radius 2 is 2.15 bits per heavy atom. The minimum atomic E-state index is -4.35. The largest absolute Gasteiger partial charge is 0.495 e. The quantitative estimate of drug-likeness (QED) is 0.892. The molecule has 112 valence electrons. The molecule has 0 bridgehead atoms. The minimum Gasteiger partial charge on any atom is -0.495 e. The molecule has 0 spiro atoms. The maximum atomic E-state index is 12.6. The second-order valence-electron chi connectivity index (χ2n) is 4.94. The Labute approximate surface area is 116 Å². The Kier molecular flexibility index (Phi) is 4.75. The SMILES string of the molecule is COc1cc(C(F)(F)F)ccc1NCC1CCCCN1. The summed E-state index contributed by atoms with van der Waals surface area (Å²) >= 11 is 0. The normalized spacial score (nSPS) is 19.7. The van der Waals surface area contributed by atoms with E-state index < -0.39 is 11.7 Å². The lowest BCUT2D eigenvalue weighted by atomic mass is 10.0. The van der Waals surface area contributed by atoms with E-state index in [9.17, 15) is 13.2 Å². The van der Waals surface area contributed by atoms with Gasteiger partial charge >= 0.3 is 6.18 Å². The van der Waals surface area contributed by atoms with Gasteiger partial charge in [0.05, 0.1) is 18.4 Å². The summed E-state index contributed by atoms with van der Waals surface area (Å²) in [6.45, 7) is 1.68. The molecule has 1 unspecified atom stereocenters. The number of alkyl halides is 3. The van der Waals surface area contributed by atoms with Gasteiger partial charge in [0.1, 0.15) is 5.75 Å². The molecule has 2 N–H and O–H groups in total. The first-order valence-corrected chi connectivity index (χ1v) is 6.73. The van der Waals surface area contributed by atoms with Crippen LogP contribution in [-0.4, -0.2) is 26.2 Å². The number of hydrogen-bond acceptors (Lipinski definition) is 3. The fourth-order valence-corrected chi connectivity index (χ4v) is 2.34. The summed E-state index contributed by atoms with van der Waals surface area (Å²) < 4.78 is 42.9. The number of hydrogen-bond donors (Lipinski definition) is 2. The second kappa shape index (κ2) is 6.35. The van der Waals surface area contributed by atoms with Gasteiger partial charge in [0.25, 0.3) is 0 Å². The number of methoxy groups -OCH3 is 1. The summed E-state index contributed by atoms with van der Waals surface area (Å²) in [5.41, 5.74) is -0.108. The number of ether oxygens (including phenoxy) is 1. The first-order chi connectivity index (χ1) is 9.50. The van der Waals surface area contributed by atoms with E-state index in [1.165, 1.54) is 26.0 Å². The summed E-state index contributed by atoms with van der Waals surface area (Å²) in [7, 11) is 1.37. The van der Waals surface area contributed by atoms with Gasteiger partial charge in [0, 0.05) is 12.6 Å². The minimum absolute atomic E-state index is 0.218. The van der Waals surface area contributed by atoms with Crippen LogP contribution in [0.4, 0.5) is 18.9 Å². The van der Waals surface area contributed by atoms with Crippen LogP contribution in [0.1, 0.15) is 24.8 Å². The van der Waals surface area contributed by atoms with Crippen LogP contribution in [0.2, 0.25) is 0 Å². The van der Waals surface area contributed by atoms with Crippen molar-refractivity contribution >= 4 is 5.69 Å². The van der Waals surface area contributed by atoms with Crippen LogP contribution in [0.5, 0.6) is 5.75 Å². The lowest BCUT2D eigenvalue weighted by molar-refractivity contribution is -0.137. The van der Waals surface area contributed by atoms with Crippen molar-refractivity contribution in [2.45, 2.75) is 31.5 Å². The third-order valence-electron chi connectivity index (χ3n) is 3.48. The molecule has 1 atom stereocenters. The molecule has 0 saturated carbocycles. The molecule has 1 aliphatic rings. The van der Waals surface area contributed by atoms with Crippen LogP contribution in [0.25, 0.3) is 0 Å². The number of piperidine rings is 1. The lowest BCUT2D eigenvalue weighted by Crippen LogP contribution is -2.39. The molecule has 1 saturated heterocycles. The first kappa shape index (κ1) is 15.0. The summed E-state index contributed by atoms with van der Waals surface area (Å²) in [6, 6.07) is 3.87. The third kappa shape index (κ3) is 3.79. The Hall–Kier alpha value is -1.43. The van der Waals surface area contributed by atoms with Gasteiger partial charge in [-0.3, -0.25) is 0 Å². The van der Waals surface area contributed by atoms with E-state index in [1.54, 1.807) is 0 Å². The molecule has 0 radical (unpaired) electrons. The van der Waals surface area contributed by atoms with Crippen LogP contribution >= 0.6 is 0 Å². The Morgan fingerprint density at radius 1 is 1.35 bits per heavy atom. The van der Waals surface area contributed by atoms with E-state index in [4.69, 9.17) is 4.74 Å². The molecule has 0 amide bonds. The number of benzene rings is 1. The van der Waals surface area contributed by atoms with Crippen LogP contribution in [0.15, 0.2) is 18.2 Å². The maximum absolute atomic E-state index is 12.6. The molecule has 20 heavy (non-hydrogen) atoms. The van der Waals surface area contributed by atoms with Crippen LogP contribution in [0, 0.1) is 0 Å². The molecule has 3 nitrogen and oxygen atoms in total. The van der Waals surface area contributed by atoms with Crippen molar-refractivity contribution in [3.05, 3.63) is 23.8 Å². The highest BCUT2D eigenvalue weighted by Crippen LogP contribution is 2.35. The molecule has 1 aromatic carbocycles. The van der Waals surface area contributed by atoms with Crippen LogP contribution in [0.3, 0.4) is 0 Å². The van der Waals surface area contributed by atoms with Gasteiger partial charge in [0.15, 0.2) is 0 Å². The van der Waals surface area contributed by atoms with Crippen LogP contribution < -0.4 is 15.4 Å². The topological polar surface area (TPSA) is 33.3 Å². The summed E-state index contributed by atoms with van der Waals surface area (Å²) in [6.07, 6.45) is -0.906. The van der Waals surface area contributed by atoms with E-state index >= 15 is 0 Å². The van der Waals surface area contributed by atoms with Crippen molar-refractivity contribution < 1.29 is 17.9 Å². The highest BCUT2D eigenvalue weighted by Gasteiger charge is 2.31. The Balaban J connectivity index is 2.03. The average molecular weight is 288 g/mol. The van der Waals surface area contributed by atoms with Crippen molar-refractivity contribution in [1.82, 2.24) is 5.32 Å². The highest BCUT2D eigenvalue weighted by atomic mass is 19.4. The predicted octanol–water partition coefficient (Wildman–Crippen LogP) is 3.27. The van der Waals surface area contributed by atoms with Gasteiger partial charge < -0.3 is 15.4 Å².